The summed E-state index contributed by atoms with van der Waals surface area (Å²) in [5.74, 6) is 0.629. The van der Waals surface area contributed by atoms with E-state index in [4.69, 9.17) is 21.1 Å². The first-order valence-corrected chi connectivity index (χ1v) is 8.84. The lowest BCUT2D eigenvalue weighted by atomic mass is 10.1. The third-order valence-corrected chi connectivity index (χ3v) is 5.11. The number of hydrogen-bond acceptors (Lipinski definition) is 5. The van der Waals surface area contributed by atoms with Gasteiger partial charge < -0.3 is 24.4 Å². The van der Waals surface area contributed by atoms with Crippen molar-refractivity contribution in [2.75, 3.05) is 64.5 Å². The number of carboxylic acid groups (broad SMARTS) is 1. The van der Waals surface area contributed by atoms with Crippen LogP contribution < -0.4 is 9.64 Å². The number of rotatable bonds is 4. The van der Waals surface area contributed by atoms with Crippen molar-refractivity contribution >= 4 is 23.4 Å². The van der Waals surface area contributed by atoms with Crippen molar-refractivity contribution in [3.63, 3.8) is 0 Å². The van der Waals surface area contributed by atoms with Gasteiger partial charge in [0.05, 0.1) is 31.4 Å². The van der Waals surface area contributed by atoms with Gasteiger partial charge in [-0.1, -0.05) is 11.6 Å². The van der Waals surface area contributed by atoms with Gasteiger partial charge in [0.25, 0.3) is 0 Å². The van der Waals surface area contributed by atoms with E-state index in [0.29, 0.717) is 43.6 Å². The summed E-state index contributed by atoms with van der Waals surface area (Å²) in [5, 5.41) is 10.1. The molecule has 0 radical (unpaired) electrons. The van der Waals surface area contributed by atoms with E-state index in [0.717, 1.165) is 25.3 Å². The number of halogens is 1. The van der Waals surface area contributed by atoms with Crippen LogP contribution in [0.25, 0.3) is 0 Å². The number of morpholine rings is 1. The Labute approximate surface area is 152 Å². The molecule has 2 aliphatic heterocycles. The maximum atomic E-state index is 11.6. The second kappa shape index (κ2) is 8.12. The molecule has 0 spiro atoms. The molecule has 1 amide bonds. The summed E-state index contributed by atoms with van der Waals surface area (Å²) in [6, 6.07) is 5.60. The largest absolute Gasteiger partial charge is 0.495 e. The molecule has 8 heteroatoms. The number of anilines is 1. The van der Waals surface area contributed by atoms with Crippen molar-refractivity contribution in [3.05, 3.63) is 23.2 Å². The van der Waals surface area contributed by atoms with Crippen LogP contribution in [-0.2, 0) is 4.74 Å². The van der Waals surface area contributed by atoms with E-state index in [9.17, 15) is 9.90 Å². The molecule has 138 valence electrons. The quantitative estimate of drug-likeness (QED) is 0.873. The van der Waals surface area contributed by atoms with Crippen LogP contribution in [-0.4, -0.2) is 86.6 Å². The van der Waals surface area contributed by atoms with Crippen LogP contribution in [0.2, 0.25) is 5.02 Å². The third-order valence-electron chi connectivity index (χ3n) is 4.80. The summed E-state index contributed by atoms with van der Waals surface area (Å²) >= 11 is 6.11. The van der Waals surface area contributed by atoms with Crippen LogP contribution in [0, 0.1) is 0 Å². The van der Waals surface area contributed by atoms with Gasteiger partial charge in [-0.3, -0.25) is 4.90 Å². The molecule has 1 aromatic rings. The lowest BCUT2D eigenvalue weighted by molar-refractivity contribution is 0.0221. The van der Waals surface area contributed by atoms with Crippen molar-refractivity contribution in [2.24, 2.45) is 0 Å². The highest BCUT2D eigenvalue weighted by atomic mass is 35.5. The van der Waals surface area contributed by atoms with E-state index >= 15 is 0 Å². The average molecular weight is 370 g/mol. The van der Waals surface area contributed by atoms with Crippen LogP contribution in [0.3, 0.4) is 0 Å². The molecule has 2 aliphatic rings. The Morgan fingerprint density at radius 3 is 2.76 bits per heavy atom. The zero-order chi connectivity index (χ0) is 17.8. The van der Waals surface area contributed by atoms with Gasteiger partial charge in [-0.2, -0.15) is 0 Å². The summed E-state index contributed by atoms with van der Waals surface area (Å²) < 4.78 is 10.7. The van der Waals surface area contributed by atoms with Gasteiger partial charge in [-0.15, -0.1) is 0 Å². The molecule has 25 heavy (non-hydrogen) atoms. The van der Waals surface area contributed by atoms with Gasteiger partial charge in [-0.05, 0) is 12.1 Å². The van der Waals surface area contributed by atoms with Gasteiger partial charge in [0.1, 0.15) is 5.75 Å². The molecule has 0 aromatic heterocycles. The predicted molar refractivity (Wildman–Crippen MR) is 96.0 cm³/mol. The SMILES string of the molecule is COc1cc(N2CCN(C(=O)O)C(CN3CCOCC3)C2)ccc1Cl. The summed E-state index contributed by atoms with van der Waals surface area (Å²) in [6.07, 6.45) is -0.855. The number of nitrogens with zero attached hydrogens (tertiary/aromatic N) is 3. The van der Waals surface area contributed by atoms with E-state index < -0.39 is 6.09 Å². The number of carbonyl (C=O) groups is 1. The van der Waals surface area contributed by atoms with E-state index in [-0.39, 0.29) is 6.04 Å². The topological polar surface area (TPSA) is 65.5 Å². The number of ether oxygens (including phenoxy) is 2. The van der Waals surface area contributed by atoms with Crippen molar-refractivity contribution in [1.82, 2.24) is 9.80 Å². The highest BCUT2D eigenvalue weighted by molar-refractivity contribution is 6.32. The molecule has 1 N–H and O–H groups in total. The molecule has 1 unspecified atom stereocenters. The van der Waals surface area contributed by atoms with Crippen LogP contribution in [0.1, 0.15) is 0 Å². The lowest BCUT2D eigenvalue weighted by Crippen LogP contribution is -2.59. The van der Waals surface area contributed by atoms with Gasteiger partial charge in [-0.25, -0.2) is 4.79 Å². The molecule has 2 heterocycles. The first-order chi connectivity index (χ1) is 12.1. The second-order valence-electron chi connectivity index (χ2n) is 6.31. The summed E-state index contributed by atoms with van der Waals surface area (Å²) in [4.78, 5) is 17.6. The summed E-state index contributed by atoms with van der Waals surface area (Å²) in [5.41, 5.74) is 0.998. The number of piperazine rings is 1. The van der Waals surface area contributed by atoms with Crippen molar-refractivity contribution in [2.45, 2.75) is 6.04 Å². The Balaban J connectivity index is 1.73. The molecular formula is C17H24ClN3O4. The maximum Gasteiger partial charge on any atom is 0.407 e. The highest BCUT2D eigenvalue weighted by Crippen LogP contribution is 2.30. The predicted octanol–water partition coefficient (Wildman–Crippen LogP) is 1.85. The van der Waals surface area contributed by atoms with E-state index in [1.165, 1.54) is 0 Å². The van der Waals surface area contributed by atoms with Crippen molar-refractivity contribution in [3.8, 4) is 5.75 Å². The number of benzene rings is 1. The average Bonchev–Trinajstić information content (AvgIpc) is 2.62. The van der Waals surface area contributed by atoms with Gasteiger partial charge in [0, 0.05) is 51.0 Å². The van der Waals surface area contributed by atoms with E-state index in [2.05, 4.69) is 9.80 Å². The Morgan fingerprint density at radius 2 is 2.08 bits per heavy atom. The number of hydrogen-bond donors (Lipinski definition) is 1. The third kappa shape index (κ3) is 4.29. The Kier molecular flexibility index (Phi) is 5.88. The van der Waals surface area contributed by atoms with Gasteiger partial charge in [0.2, 0.25) is 0 Å². The normalized spacial score (nSPS) is 22.1. The zero-order valence-corrected chi connectivity index (χ0v) is 15.1. The molecule has 0 aliphatic carbocycles. The first-order valence-electron chi connectivity index (χ1n) is 8.46. The monoisotopic (exact) mass is 369 g/mol. The zero-order valence-electron chi connectivity index (χ0n) is 14.4. The fourth-order valence-corrected chi connectivity index (χ4v) is 3.62. The van der Waals surface area contributed by atoms with Gasteiger partial charge >= 0.3 is 6.09 Å². The Morgan fingerprint density at radius 1 is 1.32 bits per heavy atom. The maximum absolute atomic E-state index is 11.6. The summed E-state index contributed by atoms with van der Waals surface area (Å²) in [6.45, 7) is 5.60. The minimum atomic E-state index is -0.855. The molecule has 0 saturated carbocycles. The van der Waals surface area contributed by atoms with E-state index in [1.54, 1.807) is 12.0 Å². The van der Waals surface area contributed by atoms with Crippen LogP contribution in [0.5, 0.6) is 5.75 Å². The van der Waals surface area contributed by atoms with Crippen LogP contribution in [0.4, 0.5) is 10.5 Å². The minimum Gasteiger partial charge on any atom is -0.495 e. The van der Waals surface area contributed by atoms with E-state index in [1.807, 2.05) is 18.2 Å². The minimum absolute atomic E-state index is 0.0778. The second-order valence-corrected chi connectivity index (χ2v) is 6.71. The molecule has 1 atom stereocenters. The van der Waals surface area contributed by atoms with Crippen molar-refractivity contribution < 1.29 is 19.4 Å². The van der Waals surface area contributed by atoms with Gasteiger partial charge in [0.15, 0.2) is 0 Å². The van der Waals surface area contributed by atoms with Crippen LogP contribution in [0.15, 0.2) is 18.2 Å². The molecule has 3 rings (SSSR count). The van der Waals surface area contributed by atoms with Crippen molar-refractivity contribution in [1.29, 1.82) is 0 Å². The number of methoxy groups -OCH3 is 1. The highest BCUT2D eigenvalue weighted by Gasteiger charge is 2.32. The molecule has 0 bridgehead atoms. The van der Waals surface area contributed by atoms with Crippen LogP contribution >= 0.6 is 11.6 Å². The molecular weight excluding hydrogens is 346 g/mol. The fourth-order valence-electron chi connectivity index (χ4n) is 3.42. The molecule has 2 saturated heterocycles. The Bertz CT molecular complexity index is 610. The molecule has 1 aromatic carbocycles. The molecule has 7 nitrogen and oxygen atoms in total. The molecule has 2 fully saturated rings. The Hall–Kier alpha value is -1.70. The lowest BCUT2D eigenvalue weighted by Gasteiger charge is -2.43. The smallest absolute Gasteiger partial charge is 0.407 e. The summed E-state index contributed by atoms with van der Waals surface area (Å²) in [7, 11) is 1.59. The standard InChI is InChI=1S/C17H24ClN3O4/c1-24-16-10-13(2-3-15(16)18)20-4-5-21(17(22)23)14(12-20)11-19-6-8-25-9-7-19/h2-3,10,14H,4-9,11-12H2,1H3,(H,22,23). The number of amides is 1. The fraction of sp³-hybridized carbons (Fsp3) is 0.588. The first kappa shape index (κ1) is 18.1.